The zero-order chi connectivity index (χ0) is 17.7. The third kappa shape index (κ3) is 3.84. The third-order valence-electron chi connectivity index (χ3n) is 3.81. The van der Waals surface area contributed by atoms with E-state index in [1.54, 1.807) is 24.3 Å². The van der Waals surface area contributed by atoms with Gasteiger partial charge in [0.1, 0.15) is 6.04 Å². The van der Waals surface area contributed by atoms with Gasteiger partial charge in [0.25, 0.3) is 5.56 Å². The molecule has 0 aliphatic carbocycles. The second kappa shape index (κ2) is 7.80. The highest BCUT2D eigenvalue weighted by molar-refractivity contribution is 6.30. The minimum Gasteiger partial charge on any atom is -0.480 e. The highest BCUT2D eigenvalue weighted by Crippen LogP contribution is 2.26. The number of nitrogens with zero attached hydrogens (tertiary/aromatic N) is 2. The summed E-state index contributed by atoms with van der Waals surface area (Å²) >= 11 is 5.97. The third-order valence-corrected chi connectivity index (χ3v) is 4.05. The number of nitriles is 1. The van der Waals surface area contributed by atoms with Gasteiger partial charge < -0.3 is 9.67 Å². The Morgan fingerprint density at radius 2 is 2.12 bits per heavy atom. The molecule has 0 radical (unpaired) electrons. The number of aromatic nitrogens is 1. The number of pyridine rings is 1. The molecule has 2 rings (SSSR count). The zero-order valence-electron chi connectivity index (χ0n) is 13.2. The molecule has 2 aromatic rings. The van der Waals surface area contributed by atoms with Crippen molar-refractivity contribution in [3.05, 3.63) is 57.5 Å². The number of carboxylic acids is 1. The summed E-state index contributed by atoms with van der Waals surface area (Å²) in [6.07, 6.45) is 3.43. The van der Waals surface area contributed by atoms with Crippen molar-refractivity contribution < 1.29 is 9.90 Å². The summed E-state index contributed by atoms with van der Waals surface area (Å²) < 4.78 is 1.22. The second-order valence-electron chi connectivity index (χ2n) is 5.46. The minimum absolute atomic E-state index is 0.395. The number of rotatable bonds is 6. The number of benzene rings is 1. The van der Waals surface area contributed by atoms with E-state index in [1.807, 2.05) is 6.92 Å². The van der Waals surface area contributed by atoms with Gasteiger partial charge in [0.05, 0.1) is 11.6 Å². The number of unbranched alkanes of at least 4 members (excludes halogenated alkanes) is 1. The van der Waals surface area contributed by atoms with Gasteiger partial charge in [-0.05, 0) is 36.2 Å². The first-order valence-electron chi connectivity index (χ1n) is 7.63. The second-order valence-corrected chi connectivity index (χ2v) is 5.90. The van der Waals surface area contributed by atoms with Crippen LogP contribution in [0.25, 0.3) is 11.1 Å². The Morgan fingerprint density at radius 1 is 1.38 bits per heavy atom. The summed E-state index contributed by atoms with van der Waals surface area (Å²) in [6.45, 7) is 1.97. The number of aliphatic carboxylic acids is 1. The normalized spacial score (nSPS) is 11.7. The summed E-state index contributed by atoms with van der Waals surface area (Å²) in [5.41, 5.74) is 1.07. The van der Waals surface area contributed by atoms with E-state index in [4.69, 9.17) is 11.6 Å². The van der Waals surface area contributed by atoms with Crippen LogP contribution in [0.3, 0.4) is 0 Å². The summed E-state index contributed by atoms with van der Waals surface area (Å²) in [7, 11) is 0. The molecule has 0 saturated carbocycles. The van der Waals surface area contributed by atoms with Gasteiger partial charge in [-0.3, -0.25) is 4.79 Å². The van der Waals surface area contributed by atoms with Crippen LogP contribution in [0.1, 0.15) is 37.8 Å². The lowest BCUT2D eigenvalue weighted by Gasteiger charge is -2.16. The molecule has 0 fully saturated rings. The van der Waals surface area contributed by atoms with Crippen molar-refractivity contribution in [2.24, 2.45) is 0 Å². The van der Waals surface area contributed by atoms with Crippen molar-refractivity contribution in [3.8, 4) is 17.2 Å². The van der Waals surface area contributed by atoms with E-state index in [0.29, 0.717) is 28.1 Å². The van der Waals surface area contributed by atoms with Crippen LogP contribution in [0.5, 0.6) is 0 Å². The van der Waals surface area contributed by atoms with Crippen LogP contribution in [0.4, 0.5) is 0 Å². The molecule has 1 heterocycles. The molecule has 0 bridgehead atoms. The molecule has 24 heavy (non-hydrogen) atoms. The van der Waals surface area contributed by atoms with E-state index >= 15 is 0 Å². The number of carbonyl (C=O) groups is 1. The zero-order valence-corrected chi connectivity index (χ0v) is 14.0. The molecule has 0 saturated heterocycles. The molecular formula is C18H17ClN2O3. The molecule has 1 aromatic carbocycles. The standard InChI is InChI=1S/C18H17ClN2O3/c1-2-3-4-16(18(23)24)21-8-7-12(9-17(21)22)15-10-14(19)6-5-13(15)11-20/h5-10,16H,2-4H2,1H3,(H,23,24)/t16-/m0/s1. The van der Waals surface area contributed by atoms with Gasteiger partial charge in [-0.1, -0.05) is 31.4 Å². The van der Waals surface area contributed by atoms with E-state index in [-0.39, 0.29) is 0 Å². The maximum absolute atomic E-state index is 12.4. The highest BCUT2D eigenvalue weighted by atomic mass is 35.5. The molecule has 0 aliphatic heterocycles. The number of hydrogen-bond donors (Lipinski definition) is 1. The molecule has 1 N–H and O–H groups in total. The van der Waals surface area contributed by atoms with Crippen molar-refractivity contribution in [1.29, 1.82) is 5.26 Å². The lowest BCUT2D eigenvalue weighted by atomic mass is 10.0. The Labute approximate surface area is 144 Å². The molecule has 0 unspecified atom stereocenters. The molecule has 124 valence electrons. The van der Waals surface area contributed by atoms with Crippen molar-refractivity contribution >= 4 is 17.6 Å². The molecule has 0 aliphatic rings. The Balaban J connectivity index is 2.47. The van der Waals surface area contributed by atoms with Crippen LogP contribution in [0.15, 0.2) is 41.3 Å². The molecule has 1 aromatic heterocycles. The fraction of sp³-hybridized carbons (Fsp3) is 0.278. The summed E-state index contributed by atoms with van der Waals surface area (Å²) in [6, 6.07) is 8.96. The maximum Gasteiger partial charge on any atom is 0.326 e. The van der Waals surface area contributed by atoms with Crippen LogP contribution >= 0.6 is 11.6 Å². The van der Waals surface area contributed by atoms with Crippen molar-refractivity contribution in [2.45, 2.75) is 32.2 Å². The summed E-state index contributed by atoms with van der Waals surface area (Å²) in [5, 5.41) is 19.0. The van der Waals surface area contributed by atoms with Gasteiger partial charge in [0.2, 0.25) is 0 Å². The Hall–Kier alpha value is -2.58. The summed E-state index contributed by atoms with van der Waals surface area (Å²) in [4.78, 5) is 23.8. The highest BCUT2D eigenvalue weighted by Gasteiger charge is 2.20. The molecular weight excluding hydrogens is 328 g/mol. The number of carboxylic acid groups (broad SMARTS) is 1. The van der Waals surface area contributed by atoms with Crippen LogP contribution < -0.4 is 5.56 Å². The van der Waals surface area contributed by atoms with E-state index in [1.165, 1.54) is 16.8 Å². The first kappa shape index (κ1) is 17.8. The maximum atomic E-state index is 12.4. The van der Waals surface area contributed by atoms with Gasteiger partial charge in [-0.2, -0.15) is 5.26 Å². The van der Waals surface area contributed by atoms with Gasteiger partial charge in [-0.15, -0.1) is 0 Å². The van der Waals surface area contributed by atoms with E-state index in [0.717, 1.165) is 12.8 Å². The molecule has 0 amide bonds. The topological polar surface area (TPSA) is 83.1 Å². The fourth-order valence-corrected chi connectivity index (χ4v) is 2.72. The Morgan fingerprint density at radius 3 is 2.71 bits per heavy atom. The van der Waals surface area contributed by atoms with Gasteiger partial charge in [0.15, 0.2) is 0 Å². The average molecular weight is 345 g/mol. The Kier molecular flexibility index (Phi) is 5.78. The first-order chi connectivity index (χ1) is 11.5. The predicted octanol–water partition coefficient (Wildman–Crippen LogP) is 3.86. The lowest BCUT2D eigenvalue weighted by molar-refractivity contribution is -0.141. The SMILES string of the molecule is CCCC[C@@H](C(=O)O)n1ccc(-c2cc(Cl)ccc2C#N)cc1=O. The van der Waals surface area contributed by atoms with E-state index in [2.05, 4.69) is 6.07 Å². The van der Waals surface area contributed by atoms with Gasteiger partial charge in [-0.25, -0.2) is 4.79 Å². The van der Waals surface area contributed by atoms with Crippen LogP contribution in [0.2, 0.25) is 5.02 Å². The smallest absolute Gasteiger partial charge is 0.326 e. The molecule has 1 atom stereocenters. The van der Waals surface area contributed by atoms with Crippen LogP contribution in [0, 0.1) is 11.3 Å². The van der Waals surface area contributed by atoms with Crippen LogP contribution in [-0.2, 0) is 4.79 Å². The number of halogens is 1. The average Bonchev–Trinajstić information content (AvgIpc) is 2.56. The minimum atomic E-state index is -1.03. The van der Waals surface area contributed by atoms with Crippen LogP contribution in [-0.4, -0.2) is 15.6 Å². The van der Waals surface area contributed by atoms with E-state index in [9.17, 15) is 20.0 Å². The summed E-state index contributed by atoms with van der Waals surface area (Å²) in [5.74, 6) is -1.03. The fourth-order valence-electron chi connectivity index (χ4n) is 2.55. The van der Waals surface area contributed by atoms with Crippen molar-refractivity contribution in [2.75, 3.05) is 0 Å². The first-order valence-corrected chi connectivity index (χ1v) is 8.00. The monoisotopic (exact) mass is 344 g/mol. The molecule has 0 spiro atoms. The molecule has 5 nitrogen and oxygen atoms in total. The van der Waals surface area contributed by atoms with E-state index < -0.39 is 17.6 Å². The van der Waals surface area contributed by atoms with Gasteiger partial charge >= 0.3 is 5.97 Å². The largest absolute Gasteiger partial charge is 0.480 e. The molecule has 6 heteroatoms. The quantitative estimate of drug-likeness (QED) is 0.862. The lowest BCUT2D eigenvalue weighted by Crippen LogP contribution is -2.29. The van der Waals surface area contributed by atoms with Gasteiger partial charge in [0, 0.05) is 22.8 Å². The van der Waals surface area contributed by atoms with Crippen molar-refractivity contribution in [1.82, 2.24) is 4.57 Å². The van der Waals surface area contributed by atoms with Crippen molar-refractivity contribution in [3.63, 3.8) is 0 Å². The number of hydrogen-bond acceptors (Lipinski definition) is 3. The predicted molar refractivity (Wildman–Crippen MR) is 92.1 cm³/mol. The Bertz CT molecular complexity index is 852.